The minimum atomic E-state index is -1.06. The largest absolute Gasteiger partial charge is 0.380 e. The number of nitrogens with two attached hydrogens (primary N) is 3. The van der Waals surface area contributed by atoms with Gasteiger partial charge in [-0.05, 0) is 80.6 Å². The van der Waals surface area contributed by atoms with Crippen LogP contribution in [-0.2, 0) is 25.7 Å². The minimum absolute atomic E-state index is 0.0969. The molecule has 1 fully saturated rings. The predicted molar refractivity (Wildman–Crippen MR) is 197 cm³/mol. The summed E-state index contributed by atoms with van der Waals surface area (Å²) >= 11 is 0. The fourth-order valence-corrected chi connectivity index (χ4v) is 5.93. The molecule has 0 unspecified atom stereocenters. The molecule has 1 saturated heterocycles. The molecule has 6 amide bonds. The number of nitrogens with one attached hydrogen (secondary N) is 7. The highest BCUT2D eigenvalue weighted by Gasteiger charge is 2.31. The van der Waals surface area contributed by atoms with Crippen LogP contribution in [0.5, 0.6) is 0 Å². The van der Waals surface area contributed by atoms with Crippen molar-refractivity contribution in [3.8, 4) is 0 Å². The fraction of sp³-hybridized carbons (Fsp3) is 0.457. The van der Waals surface area contributed by atoms with E-state index in [1.54, 1.807) is 25.1 Å². The number of amides is 6. The van der Waals surface area contributed by atoms with Crippen molar-refractivity contribution in [2.24, 2.45) is 34.0 Å². The van der Waals surface area contributed by atoms with E-state index in [0.29, 0.717) is 42.6 Å². The summed E-state index contributed by atoms with van der Waals surface area (Å²) < 4.78 is 0. The highest BCUT2D eigenvalue weighted by atomic mass is 16.2. The molecule has 2 aromatic carbocycles. The lowest BCUT2D eigenvalue weighted by Gasteiger charge is -2.28. The van der Waals surface area contributed by atoms with Gasteiger partial charge in [-0.1, -0.05) is 26.3 Å². The maximum Gasteiger partial charge on any atom is 0.254 e. The molecule has 2 aliphatic heterocycles. The third-order valence-electron chi connectivity index (χ3n) is 9.16. The number of benzene rings is 2. The Morgan fingerprint density at radius 2 is 1.71 bits per heavy atom. The molecule has 0 aliphatic carbocycles. The Balaban J connectivity index is 1.65. The normalized spacial score (nSPS) is 18.8. The number of aliphatic imine (C=N–C) groups is 1. The zero-order valence-corrected chi connectivity index (χ0v) is 29.5. The monoisotopic (exact) mass is 719 g/mol. The van der Waals surface area contributed by atoms with Crippen molar-refractivity contribution in [3.63, 3.8) is 0 Å². The summed E-state index contributed by atoms with van der Waals surface area (Å²) in [5, 5.41) is 20.3. The van der Waals surface area contributed by atoms with Crippen LogP contribution >= 0.6 is 0 Å². The lowest BCUT2D eigenvalue weighted by atomic mass is 9.96. The van der Waals surface area contributed by atoms with E-state index in [1.165, 1.54) is 18.2 Å². The van der Waals surface area contributed by atoms with Crippen molar-refractivity contribution in [1.82, 2.24) is 21.3 Å². The van der Waals surface area contributed by atoms with Gasteiger partial charge in [-0.2, -0.15) is 0 Å². The van der Waals surface area contributed by atoms with Crippen LogP contribution in [0.2, 0.25) is 0 Å². The van der Waals surface area contributed by atoms with Gasteiger partial charge in [0, 0.05) is 41.6 Å². The molecule has 52 heavy (non-hydrogen) atoms. The number of anilines is 3. The third-order valence-corrected chi connectivity index (χ3v) is 9.16. The Bertz CT molecular complexity index is 1690. The average molecular weight is 720 g/mol. The Morgan fingerprint density at radius 3 is 2.40 bits per heavy atom. The van der Waals surface area contributed by atoms with E-state index in [1.807, 2.05) is 6.92 Å². The second kappa shape index (κ2) is 18.5. The number of rotatable bonds is 11. The molecule has 0 saturated carbocycles. The van der Waals surface area contributed by atoms with Gasteiger partial charge < -0.3 is 54.4 Å². The molecule has 17 nitrogen and oxygen atoms in total. The maximum atomic E-state index is 14.0. The molecule has 17 heteroatoms. The van der Waals surface area contributed by atoms with Crippen molar-refractivity contribution in [2.75, 3.05) is 42.1 Å². The van der Waals surface area contributed by atoms with Crippen molar-refractivity contribution in [2.45, 2.75) is 64.6 Å². The fourth-order valence-electron chi connectivity index (χ4n) is 5.93. The first kappa shape index (κ1) is 39.1. The first-order valence-corrected chi connectivity index (χ1v) is 17.4. The van der Waals surface area contributed by atoms with Crippen LogP contribution in [0, 0.1) is 11.8 Å². The van der Waals surface area contributed by atoms with Crippen LogP contribution < -0.4 is 54.4 Å². The molecule has 2 aromatic rings. The molecule has 3 atom stereocenters. The summed E-state index contributed by atoms with van der Waals surface area (Å²) in [7, 11) is 0. The Morgan fingerprint density at radius 1 is 0.962 bits per heavy atom. The van der Waals surface area contributed by atoms with E-state index in [2.05, 4.69) is 42.2 Å². The van der Waals surface area contributed by atoms with Gasteiger partial charge in [0.05, 0.1) is 12.1 Å². The van der Waals surface area contributed by atoms with Crippen LogP contribution in [-0.4, -0.2) is 79.7 Å². The molecule has 0 bridgehead atoms. The maximum absolute atomic E-state index is 14.0. The number of piperidine rings is 1. The van der Waals surface area contributed by atoms with E-state index >= 15 is 0 Å². The number of carbonyl (C=O) groups is 6. The zero-order chi connectivity index (χ0) is 37.8. The average Bonchev–Trinajstić information content (AvgIpc) is 3.13. The number of hydrogen-bond donors (Lipinski definition) is 10. The molecular formula is C35H49N11O6. The SMILES string of the molecule is CC[C@H](C)[C@@H]1NC(=O)c2cc(NC(=O)CNC(=O)C3CCNCC3)ccc2NCc2ccc(C(N)=O)cc2NC(=O)[C@H](CCCN=C(N)N)NC1=O. The number of carbonyl (C=O) groups excluding carboxylic acids is 6. The van der Waals surface area contributed by atoms with Crippen molar-refractivity contribution >= 4 is 58.5 Å². The van der Waals surface area contributed by atoms with Gasteiger partial charge in [-0.25, -0.2) is 0 Å². The van der Waals surface area contributed by atoms with Crippen molar-refractivity contribution in [3.05, 3.63) is 53.1 Å². The zero-order valence-electron chi connectivity index (χ0n) is 29.5. The number of nitrogens with zero attached hydrogens (tertiary/aromatic N) is 1. The molecule has 0 radical (unpaired) electrons. The number of fused-ring (bicyclic) bond motifs is 2. The second-order valence-electron chi connectivity index (χ2n) is 13.0. The van der Waals surface area contributed by atoms with Crippen LogP contribution in [0.3, 0.4) is 0 Å². The van der Waals surface area contributed by atoms with Gasteiger partial charge >= 0.3 is 0 Å². The van der Waals surface area contributed by atoms with E-state index < -0.39 is 41.6 Å². The van der Waals surface area contributed by atoms with Gasteiger partial charge in [0.2, 0.25) is 29.5 Å². The van der Waals surface area contributed by atoms with Crippen molar-refractivity contribution in [1.29, 1.82) is 0 Å². The van der Waals surface area contributed by atoms with Crippen LogP contribution in [0.4, 0.5) is 17.1 Å². The Hall–Kier alpha value is -5.71. The Labute approximate surface area is 302 Å². The van der Waals surface area contributed by atoms with E-state index in [0.717, 1.165) is 13.1 Å². The molecule has 2 aliphatic rings. The van der Waals surface area contributed by atoms with Crippen LogP contribution in [0.1, 0.15) is 72.2 Å². The second-order valence-corrected chi connectivity index (χ2v) is 13.0. The molecule has 13 N–H and O–H groups in total. The van der Waals surface area contributed by atoms with Gasteiger partial charge in [0.15, 0.2) is 5.96 Å². The van der Waals surface area contributed by atoms with Crippen LogP contribution in [0.15, 0.2) is 41.4 Å². The Kier molecular flexibility index (Phi) is 13.9. The molecule has 2 heterocycles. The first-order valence-electron chi connectivity index (χ1n) is 17.4. The van der Waals surface area contributed by atoms with Crippen molar-refractivity contribution < 1.29 is 28.8 Å². The summed E-state index contributed by atoms with van der Waals surface area (Å²) in [6.07, 6.45) is 2.41. The minimum Gasteiger partial charge on any atom is -0.380 e. The van der Waals surface area contributed by atoms with Gasteiger partial charge in [-0.15, -0.1) is 0 Å². The molecule has 280 valence electrons. The van der Waals surface area contributed by atoms with Crippen LogP contribution in [0.25, 0.3) is 0 Å². The quantitative estimate of drug-likeness (QED) is 0.0849. The smallest absolute Gasteiger partial charge is 0.254 e. The number of primary amides is 1. The van der Waals surface area contributed by atoms with Gasteiger partial charge in [0.25, 0.3) is 5.91 Å². The number of guanidine groups is 1. The molecule has 0 aromatic heterocycles. The van der Waals surface area contributed by atoms with E-state index in [-0.39, 0.29) is 66.6 Å². The highest BCUT2D eigenvalue weighted by Crippen LogP contribution is 2.26. The lowest BCUT2D eigenvalue weighted by Crippen LogP contribution is -2.55. The topological polar surface area (TPSA) is 277 Å². The lowest BCUT2D eigenvalue weighted by molar-refractivity contribution is -0.128. The summed E-state index contributed by atoms with van der Waals surface area (Å²) in [4.78, 5) is 83.0. The van der Waals surface area contributed by atoms with E-state index in [9.17, 15) is 28.8 Å². The molecule has 4 rings (SSSR count). The highest BCUT2D eigenvalue weighted by molar-refractivity contribution is 6.05. The number of hydrogen-bond acceptors (Lipinski definition) is 9. The first-order chi connectivity index (χ1) is 24.9. The summed E-state index contributed by atoms with van der Waals surface area (Å²) in [6, 6.07) is 7.15. The van der Waals surface area contributed by atoms with Gasteiger partial charge in [-0.3, -0.25) is 33.8 Å². The summed E-state index contributed by atoms with van der Waals surface area (Å²) in [5.74, 6) is -3.73. The molecule has 0 spiro atoms. The molecular weight excluding hydrogens is 670 g/mol. The predicted octanol–water partition coefficient (Wildman–Crippen LogP) is 0.0869. The summed E-state index contributed by atoms with van der Waals surface area (Å²) in [6.45, 7) is 5.21. The summed E-state index contributed by atoms with van der Waals surface area (Å²) in [5.41, 5.74) is 18.2. The standard InChI is InChI=1S/C35H49N11O6/c1-3-19(2)29-34(52)44-26(5-4-12-40-35(37)38)33(51)45-27-15-21(30(36)48)6-7-22(27)17-41-25-9-8-23(16-24(25)32(50)46-29)43-28(47)18-42-31(49)20-10-13-39-14-11-20/h6-9,15-16,19-20,26,29,39,41H,3-5,10-14,17-18H2,1-2H3,(H2,36,48)(H,42,49)(H,43,47)(H,44,52)(H,45,51)(H,46,50)(H4,37,38,40)/t19-,26-,29-/m0/s1. The van der Waals surface area contributed by atoms with E-state index in [4.69, 9.17) is 17.2 Å². The van der Waals surface area contributed by atoms with Gasteiger partial charge in [0.1, 0.15) is 12.1 Å². The third kappa shape index (κ3) is 10.9.